The number of rotatable bonds is 8. The number of aliphatic hydroxyl groups is 1. The van der Waals surface area contributed by atoms with E-state index in [1.807, 2.05) is 17.5 Å². The van der Waals surface area contributed by atoms with Crippen molar-refractivity contribution >= 4 is 17.4 Å². The number of likely N-dealkylation sites (N-methyl/N-ethyl adjacent to an activating group) is 1. The predicted octanol–water partition coefficient (Wildman–Crippen LogP) is 1.99. The quantitative estimate of drug-likeness (QED) is 0.688. The zero-order chi connectivity index (χ0) is 15.9. The van der Waals surface area contributed by atoms with Gasteiger partial charge in [-0.3, -0.25) is 0 Å². The summed E-state index contributed by atoms with van der Waals surface area (Å²) in [7, 11) is 2.05. The fraction of sp³-hybridized carbons (Fsp3) is 0.667. The van der Waals surface area contributed by atoms with Crippen LogP contribution in [0.15, 0.2) is 17.5 Å². The molecule has 1 aromatic rings. The van der Waals surface area contributed by atoms with Crippen LogP contribution in [0.3, 0.4) is 0 Å². The number of hydrogen-bond acceptors (Lipinski definition) is 4. The molecular weight excluding hydrogens is 286 g/mol. The Morgan fingerprint density at radius 3 is 2.81 bits per heavy atom. The Hall–Kier alpha value is -1.11. The van der Waals surface area contributed by atoms with Gasteiger partial charge in [0.2, 0.25) is 0 Å². The number of carbonyl (C=O) groups is 1. The Kier molecular flexibility index (Phi) is 7.14. The highest BCUT2D eigenvalue weighted by atomic mass is 32.1. The molecule has 0 saturated carbocycles. The van der Waals surface area contributed by atoms with E-state index in [4.69, 9.17) is 0 Å². The molecule has 3 N–H and O–H groups in total. The second-order valence-electron chi connectivity index (χ2n) is 5.60. The van der Waals surface area contributed by atoms with Crippen molar-refractivity contribution in [3.63, 3.8) is 0 Å². The highest BCUT2D eigenvalue weighted by molar-refractivity contribution is 7.10. The first-order chi connectivity index (χ1) is 9.86. The molecule has 0 saturated heterocycles. The van der Waals surface area contributed by atoms with Crippen molar-refractivity contribution in [1.29, 1.82) is 0 Å². The molecule has 1 aromatic heterocycles. The molecule has 0 fully saturated rings. The highest BCUT2D eigenvalue weighted by Crippen LogP contribution is 2.24. The monoisotopic (exact) mass is 313 g/mol. The first kappa shape index (κ1) is 17.9. The van der Waals surface area contributed by atoms with Crippen LogP contribution in [0, 0.1) is 0 Å². The first-order valence-electron chi connectivity index (χ1n) is 7.35. The van der Waals surface area contributed by atoms with Gasteiger partial charge in [-0.25, -0.2) is 4.79 Å². The van der Waals surface area contributed by atoms with Gasteiger partial charge in [-0.2, -0.15) is 0 Å². The molecule has 21 heavy (non-hydrogen) atoms. The Balaban J connectivity index is 2.25. The molecule has 6 heteroatoms. The van der Waals surface area contributed by atoms with Crippen LogP contribution in [-0.4, -0.2) is 48.8 Å². The van der Waals surface area contributed by atoms with Crippen LogP contribution in [0.1, 0.15) is 32.1 Å². The second kappa shape index (κ2) is 8.36. The first-order valence-corrected chi connectivity index (χ1v) is 8.23. The molecular formula is C15H27N3O2S. The molecule has 0 aliphatic carbocycles. The zero-order valence-corrected chi connectivity index (χ0v) is 14.2. The van der Waals surface area contributed by atoms with Crippen molar-refractivity contribution in [2.45, 2.75) is 38.8 Å². The van der Waals surface area contributed by atoms with E-state index in [0.29, 0.717) is 12.6 Å². The molecule has 1 heterocycles. The van der Waals surface area contributed by atoms with Crippen LogP contribution in [0.25, 0.3) is 0 Å². The Morgan fingerprint density at radius 1 is 1.52 bits per heavy atom. The second-order valence-corrected chi connectivity index (χ2v) is 6.55. The van der Waals surface area contributed by atoms with Crippen LogP contribution in [-0.2, 0) is 5.60 Å². The van der Waals surface area contributed by atoms with E-state index in [1.54, 1.807) is 6.92 Å². The summed E-state index contributed by atoms with van der Waals surface area (Å²) < 4.78 is 0. The summed E-state index contributed by atoms with van der Waals surface area (Å²) in [5, 5.41) is 17.7. The van der Waals surface area contributed by atoms with Crippen molar-refractivity contribution in [1.82, 2.24) is 15.5 Å². The van der Waals surface area contributed by atoms with Crippen LogP contribution < -0.4 is 10.6 Å². The average Bonchev–Trinajstić information content (AvgIpc) is 2.99. The van der Waals surface area contributed by atoms with Gasteiger partial charge in [0.05, 0.1) is 6.54 Å². The van der Waals surface area contributed by atoms with E-state index < -0.39 is 5.60 Å². The number of urea groups is 1. The largest absolute Gasteiger partial charge is 0.383 e. The number of amides is 2. The van der Waals surface area contributed by atoms with E-state index in [-0.39, 0.29) is 12.6 Å². The predicted molar refractivity (Wildman–Crippen MR) is 87.7 cm³/mol. The molecule has 120 valence electrons. The molecule has 0 aliphatic heterocycles. The van der Waals surface area contributed by atoms with Gasteiger partial charge in [-0.1, -0.05) is 13.0 Å². The number of nitrogens with one attached hydrogen (secondary N) is 2. The van der Waals surface area contributed by atoms with Crippen molar-refractivity contribution < 1.29 is 9.90 Å². The third-order valence-corrected chi connectivity index (χ3v) is 4.86. The minimum Gasteiger partial charge on any atom is -0.383 e. The van der Waals surface area contributed by atoms with Gasteiger partial charge in [0.25, 0.3) is 0 Å². The van der Waals surface area contributed by atoms with Gasteiger partial charge >= 0.3 is 6.03 Å². The van der Waals surface area contributed by atoms with Gasteiger partial charge in [-0.15, -0.1) is 11.3 Å². The Labute approximate surface area is 131 Å². The highest BCUT2D eigenvalue weighted by Gasteiger charge is 2.24. The van der Waals surface area contributed by atoms with Crippen LogP contribution in [0.4, 0.5) is 4.79 Å². The van der Waals surface area contributed by atoms with E-state index in [0.717, 1.165) is 17.8 Å². The molecule has 0 bridgehead atoms. The van der Waals surface area contributed by atoms with E-state index >= 15 is 0 Å². The number of hydrogen-bond donors (Lipinski definition) is 3. The van der Waals surface area contributed by atoms with Gasteiger partial charge in [0, 0.05) is 24.0 Å². The molecule has 2 atom stereocenters. The van der Waals surface area contributed by atoms with Gasteiger partial charge < -0.3 is 20.6 Å². The summed E-state index contributed by atoms with van der Waals surface area (Å²) in [5.74, 6) is 0. The Morgan fingerprint density at radius 2 is 2.24 bits per heavy atom. The minimum atomic E-state index is -1.03. The maximum Gasteiger partial charge on any atom is 0.314 e. The SMILES string of the molecule is CCC(C)N(C)CCNC(=O)NCC(C)(O)c1cccs1. The van der Waals surface area contributed by atoms with Crippen LogP contribution >= 0.6 is 11.3 Å². The van der Waals surface area contributed by atoms with Crippen LogP contribution in [0.5, 0.6) is 0 Å². The van der Waals surface area contributed by atoms with E-state index in [1.165, 1.54) is 11.3 Å². The fourth-order valence-electron chi connectivity index (χ4n) is 1.86. The molecule has 1 rings (SSSR count). The standard InChI is InChI=1S/C15H27N3O2S/c1-5-12(2)18(4)9-8-16-14(19)17-11-15(3,20)13-7-6-10-21-13/h6-7,10,12,20H,5,8-9,11H2,1-4H3,(H2,16,17,19). The van der Waals surface area contributed by atoms with Gasteiger partial charge in [0.1, 0.15) is 5.60 Å². The maximum absolute atomic E-state index is 11.7. The molecule has 0 radical (unpaired) electrons. The normalized spacial score (nSPS) is 15.5. The van der Waals surface area contributed by atoms with E-state index in [9.17, 15) is 9.90 Å². The lowest BCUT2D eigenvalue weighted by Gasteiger charge is -2.24. The summed E-state index contributed by atoms with van der Waals surface area (Å²) in [6, 6.07) is 4.02. The molecule has 0 aromatic carbocycles. The zero-order valence-electron chi connectivity index (χ0n) is 13.3. The topological polar surface area (TPSA) is 64.6 Å². The van der Waals surface area contributed by atoms with Crippen molar-refractivity contribution in [2.75, 3.05) is 26.7 Å². The average molecular weight is 313 g/mol. The van der Waals surface area contributed by atoms with Crippen LogP contribution in [0.2, 0.25) is 0 Å². The number of carbonyl (C=O) groups excluding carboxylic acids is 1. The Bertz CT molecular complexity index is 421. The summed E-state index contributed by atoms with van der Waals surface area (Å²) in [6.07, 6.45) is 1.09. The third kappa shape index (κ3) is 6.03. The molecule has 0 aliphatic rings. The van der Waals surface area contributed by atoms with Crippen molar-refractivity contribution in [3.05, 3.63) is 22.4 Å². The fourth-order valence-corrected chi connectivity index (χ4v) is 2.65. The lowest BCUT2D eigenvalue weighted by atomic mass is 10.1. The molecule has 5 nitrogen and oxygen atoms in total. The number of thiophene rings is 1. The molecule has 0 spiro atoms. The minimum absolute atomic E-state index is 0.195. The van der Waals surface area contributed by atoms with Gasteiger partial charge in [-0.05, 0) is 38.8 Å². The molecule has 2 unspecified atom stereocenters. The summed E-state index contributed by atoms with van der Waals surface area (Å²) in [4.78, 5) is 14.8. The van der Waals surface area contributed by atoms with Gasteiger partial charge in [0.15, 0.2) is 0 Å². The lowest BCUT2D eigenvalue weighted by Crippen LogP contribution is -2.45. The van der Waals surface area contributed by atoms with E-state index in [2.05, 4.69) is 36.4 Å². The summed E-state index contributed by atoms with van der Waals surface area (Å²) in [6.45, 7) is 7.61. The summed E-state index contributed by atoms with van der Waals surface area (Å²) in [5.41, 5.74) is -1.03. The third-order valence-electron chi connectivity index (χ3n) is 3.74. The maximum atomic E-state index is 11.7. The smallest absolute Gasteiger partial charge is 0.314 e. The van der Waals surface area contributed by atoms with Crippen molar-refractivity contribution in [2.24, 2.45) is 0 Å². The summed E-state index contributed by atoms with van der Waals surface area (Å²) >= 11 is 1.48. The van der Waals surface area contributed by atoms with Crippen molar-refractivity contribution in [3.8, 4) is 0 Å². The number of nitrogens with zero attached hydrogens (tertiary/aromatic N) is 1. The molecule has 2 amide bonds. The lowest BCUT2D eigenvalue weighted by molar-refractivity contribution is 0.0631.